The highest BCUT2D eigenvalue weighted by molar-refractivity contribution is 8.67. The molecule has 2 rings (SSSR count). The van der Waals surface area contributed by atoms with Crippen molar-refractivity contribution in [3.63, 3.8) is 0 Å². The lowest BCUT2D eigenvalue weighted by Gasteiger charge is -2.45. The number of nitrogens with zero attached hydrogens (tertiary/aromatic N) is 1. The molecule has 2 aliphatic rings. The summed E-state index contributed by atoms with van der Waals surface area (Å²) < 4.78 is 7.84. The van der Waals surface area contributed by atoms with E-state index in [0.717, 1.165) is 19.1 Å². The monoisotopic (exact) mass is 233 g/mol. The Morgan fingerprint density at radius 1 is 1.57 bits per heavy atom. The van der Waals surface area contributed by atoms with Gasteiger partial charge in [0.2, 0.25) is 0 Å². The lowest BCUT2D eigenvalue weighted by atomic mass is 9.96. The van der Waals surface area contributed by atoms with Crippen LogP contribution in [0.15, 0.2) is 0 Å². The molecule has 0 aromatic rings. The standard InChI is InChI=1S/C10H19NOS2/c1-8(2)5-9-3-4-10(6-12-7-10)11(9)14-13/h8-9,13H,3-7H2,1-2H3. The van der Waals surface area contributed by atoms with Crippen molar-refractivity contribution in [1.29, 1.82) is 0 Å². The van der Waals surface area contributed by atoms with Gasteiger partial charge in [-0.2, -0.15) is 0 Å². The average Bonchev–Trinajstić information content (AvgIpc) is 2.41. The molecule has 0 aromatic heterocycles. The predicted molar refractivity (Wildman–Crippen MR) is 64.4 cm³/mol. The van der Waals surface area contributed by atoms with Crippen LogP contribution in [0.5, 0.6) is 0 Å². The van der Waals surface area contributed by atoms with Crippen LogP contribution in [-0.4, -0.2) is 29.1 Å². The van der Waals surface area contributed by atoms with E-state index in [9.17, 15) is 0 Å². The molecule has 0 aromatic carbocycles. The summed E-state index contributed by atoms with van der Waals surface area (Å²) in [5, 5.41) is 0. The second-order valence-electron chi connectivity index (χ2n) is 4.95. The number of ether oxygens (including phenoxy) is 1. The molecule has 0 amide bonds. The number of thiol groups is 1. The molecular formula is C10H19NOS2. The van der Waals surface area contributed by atoms with E-state index >= 15 is 0 Å². The van der Waals surface area contributed by atoms with Crippen molar-refractivity contribution in [1.82, 2.24) is 4.31 Å². The first-order valence-corrected chi connectivity index (χ1v) is 7.19. The molecule has 2 aliphatic heterocycles. The minimum absolute atomic E-state index is 0.339. The van der Waals surface area contributed by atoms with Gasteiger partial charge in [0, 0.05) is 6.04 Å². The lowest BCUT2D eigenvalue weighted by molar-refractivity contribution is -0.0985. The van der Waals surface area contributed by atoms with Crippen molar-refractivity contribution >= 4 is 22.6 Å². The first-order valence-electron chi connectivity index (χ1n) is 5.36. The molecule has 2 fully saturated rings. The van der Waals surface area contributed by atoms with Crippen molar-refractivity contribution < 1.29 is 4.74 Å². The quantitative estimate of drug-likeness (QED) is 0.457. The molecule has 1 spiro atoms. The molecule has 14 heavy (non-hydrogen) atoms. The van der Waals surface area contributed by atoms with Gasteiger partial charge in [-0.3, -0.25) is 0 Å². The molecule has 82 valence electrons. The van der Waals surface area contributed by atoms with E-state index in [1.165, 1.54) is 19.3 Å². The van der Waals surface area contributed by atoms with E-state index in [4.69, 9.17) is 4.74 Å². The fourth-order valence-electron chi connectivity index (χ4n) is 2.57. The molecule has 2 nitrogen and oxygen atoms in total. The van der Waals surface area contributed by atoms with Crippen molar-refractivity contribution in [2.45, 2.75) is 44.7 Å². The van der Waals surface area contributed by atoms with Crippen LogP contribution < -0.4 is 0 Å². The molecule has 0 N–H and O–H groups in total. The Morgan fingerprint density at radius 3 is 2.71 bits per heavy atom. The summed E-state index contributed by atoms with van der Waals surface area (Å²) in [6.07, 6.45) is 3.89. The van der Waals surface area contributed by atoms with Crippen molar-refractivity contribution in [2.24, 2.45) is 5.92 Å². The molecule has 0 aliphatic carbocycles. The fourth-order valence-corrected chi connectivity index (χ4v) is 4.18. The Kier molecular flexibility index (Phi) is 3.37. The summed E-state index contributed by atoms with van der Waals surface area (Å²) in [5.41, 5.74) is 0.339. The SMILES string of the molecule is CC(C)CC1CCC2(COC2)N1SS. The molecular weight excluding hydrogens is 214 g/mol. The van der Waals surface area contributed by atoms with Gasteiger partial charge in [0.25, 0.3) is 0 Å². The minimum atomic E-state index is 0.339. The Labute approximate surface area is 95.7 Å². The van der Waals surface area contributed by atoms with Gasteiger partial charge in [-0.25, -0.2) is 4.31 Å². The van der Waals surface area contributed by atoms with Crippen LogP contribution in [0.4, 0.5) is 0 Å². The summed E-state index contributed by atoms with van der Waals surface area (Å²) in [6, 6.07) is 0.710. The summed E-state index contributed by atoms with van der Waals surface area (Å²) in [7, 11) is 1.61. The Balaban J connectivity index is 1.99. The third-order valence-corrected chi connectivity index (χ3v) is 4.70. The summed E-state index contributed by atoms with van der Waals surface area (Å²) >= 11 is 4.39. The van der Waals surface area contributed by atoms with Gasteiger partial charge < -0.3 is 4.74 Å². The van der Waals surface area contributed by atoms with E-state index < -0.39 is 0 Å². The third-order valence-electron chi connectivity index (χ3n) is 3.31. The van der Waals surface area contributed by atoms with Crippen molar-refractivity contribution in [3.05, 3.63) is 0 Å². The number of rotatable bonds is 3. The van der Waals surface area contributed by atoms with Crippen molar-refractivity contribution in [2.75, 3.05) is 13.2 Å². The third kappa shape index (κ3) is 1.82. The Hall–Kier alpha value is 0.620. The van der Waals surface area contributed by atoms with Crippen LogP contribution in [-0.2, 0) is 4.74 Å². The average molecular weight is 233 g/mol. The van der Waals surface area contributed by atoms with E-state index in [1.54, 1.807) is 11.0 Å². The molecule has 2 heterocycles. The molecule has 0 radical (unpaired) electrons. The summed E-state index contributed by atoms with van der Waals surface area (Å²) in [6.45, 7) is 6.41. The van der Waals surface area contributed by atoms with E-state index in [-0.39, 0.29) is 0 Å². The summed E-state index contributed by atoms with van der Waals surface area (Å²) in [5.74, 6) is 0.777. The largest absolute Gasteiger partial charge is 0.377 e. The number of hydrogen-bond donors (Lipinski definition) is 1. The van der Waals surface area contributed by atoms with Gasteiger partial charge in [-0.1, -0.05) is 25.5 Å². The lowest BCUT2D eigenvalue weighted by Crippen LogP contribution is -2.57. The van der Waals surface area contributed by atoms with Crippen LogP contribution in [0.25, 0.3) is 0 Å². The van der Waals surface area contributed by atoms with Gasteiger partial charge in [-0.05, 0) is 36.2 Å². The zero-order valence-electron chi connectivity index (χ0n) is 8.90. The zero-order chi connectivity index (χ0) is 10.2. The fraction of sp³-hybridized carbons (Fsp3) is 1.00. The molecule has 0 saturated carbocycles. The Bertz CT molecular complexity index is 206. The highest BCUT2D eigenvalue weighted by Crippen LogP contribution is 2.46. The van der Waals surface area contributed by atoms with Gasteiger partial charge in [0.05, 0.1) is 18.8 Å². The maximum atomic E-state index is 5.36. The van der Waals surface area contributed by atoms with Crippen LogP contribution >= 0.6 is 22.6 Å². The van der Waals surface area contributed by atoms with Crippen LogP contribution in [0.1, 0.15) is 33.1 Å². The summed E-state index contributed by atoms with van der Waals surface area (Å²) in [4.78, 5) is 0. The topological polar surface area (TPSA) is 12.5 Å². The maximum Gasteiger partial charge on any atom is 0.0790 e. The van der Waals surface area contributed by atoms with Crippen LogP contribution in [0.3, 0.4) is 0 Å². The van der Waals surface area contributed by atoms with E-state index in [1.807, 2.05) is 0 Å². The first kappa shape index (κ1) is 11.1. The van der Waals surface area contributed by atoms with E-state index in [0.29, 0.717) is 11.6 Å². The first-order chi connectivity index (χ1) is 6.68. The highest BCUT2D eigenvalue weighted by Gasteiger charge is 2.51. The zero-order valence-corrected chi connectivity index (χ0v) is 10.6. The molecule has 1 unspecified atom stereocenters. The van der Waals surface area contributed by atoms with Gasteiger partial charge in [0.15, 0.2) is 0 Å². The second-order valence-corrected chi connectivity index (χ2v) is 5.99. The number of hydrogen-bond acceptors (Lipinski definition) is 4. The molecule has 4 heteroatoms. The van der Waals surface area contributed by atoms with Gasteiger partial charge >= 0.3 is 0 Å². The smallest absolute Gasteiger partial charge is 0.0790 e. The van der Waals surface area contributed by atoms with E-state index in [2.05, 4.69) is 29.8 Å². The van der Waals surface area contributed by atoms with Crippen molar-refractivity contribution in [3.8, 4) is 0 Å². The van der Waals surface area contributed by atoms with Crippen LogP contribution in [0.2, 0.25) is 0 Å². The minimum Gasteiger partial charge on any atom is -0.377 e. The van der Waals surface area contributed by atoms with Crippen LogP contribution in [0, 0.1) is 5.92 Å². The molecule has 1 atom stereocenters. The molecule has 2 saturated heterocycles. The second kappa shape index (κ2) is 4.24. The Morgan fingerprint density at radius 2 is 2.29 bits per heavy atom. The van der Waals surface area contributed by atoms with Gasteiger partial charge in [-0.15, -0.1) is 0 Å². The highest BCUT2D eigenvalue weighted by atomic mass is 33.1. The normalized spacial score (nSPS) is 31.3. The maximum absolute atomic E-state index is 5.36. The molecule has 0 bridgehead atoms. The van der Waals surface area contributed by atoms with Gasteiger partial charge in [0.1, 0.15) is 0 Å². The predicted octanol–water partition coefficient (Wildman–Crippen LogP) is 2.76.